The van der Waals surface area contributed by atoms with E-state index < -0.39 is 0 Å². The van der Waals surface area contributed by atoms with Crippen molar-refractivity contribution in [2.75, 3.05) is 10.7 Å². The fourth-order valence-corrected chi connectivity index (χ4v) is 4.34. The lowest BCUT2D eigenvalue weighted by molar-refractivity contribution is 0.521. The third kappa shape index (κ3) is 3.14. The number of aromatic nitrogens is 2. The Morgan fingerprint density at radius 3 is 2.25 bits per heavy atom. The fraction of sp³-hybridized carbons (Fsp3) is 0.400. The molecule has 0 N–H and O–H groups in total. The van der Waals surface area contributed by atoms with Crippen LogP contribution in [0.4, 0.5) is 4.39 Å². The van der Waals surface area contributed by atoms with Gasteiger partial charge in [0.25, 0.3) is 0 Å². The Bertz CT molecular complexity index is 574. The van der Waals surface area contributed by atoms with Gasteiger partial charge in [0.05, 0.1) is 5.69 Å². The Labute approximate surface area is 135 Å². The van der Waals surface area contributed by atoms with E-state index in [2.05, 4.69) is 43.0 Å². The van der Waals surface area contributed by atoms with Crippen molar-refractivity contribution in [3.05, 3.63) is 53.1 Å². The summed E-state index contributed by atoms with van der Waals surface area (Å²) in [6, 6.07) is 8.86. The summed E-state index contributed by atoms with van der Waals surface area (Å²) in [4.78, 5) is 0. The predicted octanol–water partition coefficient (Wildman–Crippen LogP) is 4.14. The minimum Gasteiger partial charge on any atom is -0.272 e. The second kappa shape index (κ2) is 6.39. The van der Waals surface area contributed by atoms with Crippen LogP contribution in [0.3, 0.4) is 0 Å². The Morgan fingerprint density at radius 1 is 1.20 bits per heavy atom. The third-order valence-electron chi connectivity index (χ3n) is 3.59. The Morgan fingerprint density at radius 2 is 1.80 bits per heavy atom. The van der Waals surface area contributed by atoms with Crippen LogP contribution in [0.25, 0.3) is 0 Å². The van der Waals surface area contributed by atoms with E-state index in [4.69, 9.17) is 0 Å². The highest BCUT2D eigenvalue weighted by molar-refractivity contribution is 9.09. The van der Waals surface area contributed by atoms with Crippen molar-refractivity contribution < 1.29 is 4.39 Å². The maximum atomic E-state index is 13.1. The summed E-state index contributed by atoms with van der Waals surface area (Å²) in [6.07, 6.45) is 0.840. The number of hydrogen-bond acceptors (Lipinski definition) is 1. The second-order valence-electron chi connectivity index (χ2n) is 5.13. The molecular formula is C15H17Br2FN2. The predicted molar refractivity (Wildman–Crippen MR) is 87.3 cm³/mol. The molecule has 2 aromatic rings. The summed E-state index contributed by atoms with van der Waals surface area (Å²) in [5.74, 6) is -0.205. The van der Waals surface area contributed by atoms with Crippen molar-refractivity contribution in [3.8, 4) is 0 Å². The van der Waals surface area contributed by atoms with Gasteiger partial charge in [0.1, 0.15) is 5.82 Å². The number of alkyl halides is 2. The van der Waals surface area contributed by atoms with Gasteiger partial charge in [-0.05, 0) is 30.7 Å². The first-order valence-electron chi connectivity index (χ1n) is 6.38. The monoisotopic (exact) mass is 402 g/mol. The van der Waals surface area contributed by atoms with Crippen molar-refractivity contribution in [1.82, 2.24) is 9.78 Å². The van der Waals surface area contributed by atoms with Crippen molar-refractivity contribution in [1.29, 1.82) is 0 Å². The van der Waals surface area contributed by atoms with Crippen LogP contribution in [0.1, 0.15) is 17.0 Å². The second-order valence-corrected chi connectivity index (χ2v) is 6.25. The lowest BCUT2D eigenvalue weighted by Crippen LogP contribution is -2.33. The first-order chi connectivity index (χ1) is 9.50. The van der Waals surface area contributed by atoms with Gasteiger partial charge in [-0.2, -0.15) is 5.10 Å². The van der Waals surface area contributed by atoms with Crippen LogP contribution in [-0.2, 0) is 18.9 Å². The topological polar surface area (TPSA) is 17.8 Å². The molecule has 0 saturated heterocycles. The zero-order valence-corrected chi connectivity index (χ0v) is 14.7. The molecule has 0 bridgehead atoms. The van der Waals surface area contributed by atoms with E-state index in [1.807, 2.05) is 30.8 Å². The molecule has 2 rings (SSSR count). The van der Waals surface area contributed by atoms with E-state index in [1.165, 1.54) is 17.8 Å². The largest absolute Gasteiger partial charge is 0.272 e. The molecule has 0 aliphatic carbocycles. The van der Waals surface area contributed by atoms with Crippen LogP contribution in [0.2, 0.25) is 0 Å². The summed E-state index contributed by atoms with van der Waals surface area (Å²) >= 11 is 7.25. The summed E-state index contributed by atoms with van der Waals surface area (Å²) in [5, 5.41) is 5.98. The van der Waals surface area contributed by atoms with Crippen LogP contribution >= 0.6 is 31.9 Å². The SMILES string of the molecule is Cc1cc(CC(CBr)(CBr)c2ccc(F)cc2)n(C)n1. The molecule has 2 nitrogen and oxygen atoms in total. The molecule has 0 aliphatic heterocycles. The van der Waals surface area contributed by atoms with Crippen LogP contribution in [-0.4, -0.2) is 20.4 Å². The molecule has 0 radical (unpaired) electrons. The van der Waals surface area contributed by atoms with Gasteiger partial charge in [0.2, 0.25) is 0 Å². The molecule has 0 aliphatic rings. The van der Waals surface area contributed by atoms with E-state index in [1.54, 1.807) is 0 Å². The van der Waals surface area contributed by atoms with Gasteiger partial charge in [-0.25, -0.2) is 4.39 Å². The number of hydrogen-bond donors (Lipinski definition) is 0. The number of aryl methyl sites for hydroxylation is 2. The zero-order valence-electron chi connectivity index (χ0n) is 11.5. The molecular weight excluding hydrogens is 387 g/mol. The van der Waals surface area contributed by atoms with E-state index in [9.17, 15) is 4.39 Å². The molecule has 0 amide bonds. The molecule has 0 fully saturated rings. The molecule has 1 heterocycles. The minimum absolute atomic E-state index is 0.117. The third-order valence-corrected chi connectivity index (χ3v) is 5.73. The molecule has 0 spiro atoms. The summed E-state index contributed by atoms with van der Waals surface area (Å²) < 4.78 is 15.1. The summed E-state index contributed by atoms with van der Waals surface area (Å²) in [7, 11) is 1.96. The Balaban J connectivity index is 2.39. The van der Waals surface area contributed by atoms with Crippen LogP contribution in [0, 0.1) is 12.7 Å². The minimum atomic E-state index is -0.205. The average Bonchev–Trinajstić information content (AvgIpc) is 2.75. The van der Waals surface area contributed by atoms with E-state index >= 15 is 0 Å². The quantitative estimate of drug-likeness (QED) is 0.686. The van der Waals surface area contributed by atoms with Crippen LogP contribution in [0.15, 0.2) is 30.3 Å². The van der Waals surface area contributed by atoms with Gasteiger partial charge in [-0.3, -0.25) is 4.68 Å². The van der Waals surface area contributed by atoms with E-state index in [0.717, 1.165) is 28.3 Å². The molecule has 108 valence electrons. The van der Waals surface area contributed by atoms with Gasteiger partial charge >= 0.3 is 0 Å². The molecule has 1 aromatic heterocycles. The molecule has 20 heavy (non-hydrogen) atoms. The molecule has 0 saturated carbocycles. The standard InChI is InChI=1S/C15H17Br2FN2/c1-11-7-14(20(2)19-11)8-15(9-16,10-17)12-3-5-13(18)6-4-12/h3-7H,8-10H2,1-2H3. The van der Waals surface area contributed by atoms with Crippen LogP contribution in [0.5, 0.6) is 0 Å². The van der Waals surface area contributed by atoms with Gasteiger partial charge < -0.3 is 0 Å². The molecule has 0 atom stereocenters. The normalized spacial score (nSPS) is 11.8. The van der Waals surface area contributed by atoms with Gasteiger partial charge in [-0.1, -0.05) is 44.0 Å². The smallest absolute Gasteiger partial charge is 0.123 e. The molecule has 0 unspecified atom stereocenters. The number of nitrogens with zero attached hydrogens (tertiary/aromatic N) is 2. The average molecular weight is 404 g/mol. The van der Waals surface area contributed by atoms with Gasteiger partial charge in [-0.15, -0.1) is 0 Å². The number of halogens is 3. The summed E-state index contributed by atoms with van der Waals surface area (Å²) in [6.45, 7) is 1.99. The highest BCUT2D eigenvalue weighted by atomic mass is 79.9. The van der Waals surface area contributed by atoms with Crippen molar-refractivity contribution in [2.45, 2.75) is 18.8 Å². The first kappa shape index (κ1) is 15.7. The zero-order chi connectivity index (χ0) is 14.8. The Hall–Kier alpha value is -0.680. The highest BCUT2D eigenvalue weighted by Crippen LogP contribution is 2.33. The van der Waals surface area contributed by atoms with Gasteiger partial charge in [0.15, 0.2) is 0 Å². The maximum absolute atomic E-state index is 13.1. The molecule has 5 heteroatoms. The lowest BCUT2D eigenvalue weighted by atomic mass is 9.80. The number of benzene rings is 1. The Kier molecular flexibility index (Phi) is 5.02. The lowest BCUT2D eigenvalue weighted by Gasteiger charge is -2.30. The van der Waals surface area contributed by atoms with E-state index in [-0.39, 0.29) is 11.2 Å². The van der Waals surface area contributed by atoms with Crippen molar-refractivity contribution in [3.63, 3.8) is 0 Å². The fourth-order valence-electron chi connectivity index (χ4n) is 2.37. The summed E-state index contributed by atoms with van der Waals surface area (Å²) in [5.41, 5.74) is 3.19. The van der Waals surface area contributed by atoms with Gasteiger partial charge in [0, 0.05) is 35.2 Å². The first-order valence-corrected chi connectivity index (χ1v) is 8.62. The van der Waals surface area contributed by atoms with E-state index in [0.29, 0.717) is 0 Å². The highest BCUT2D eigenvalue weighted by Gasteiger charge is 2.31. The maximum Gasteiger partial charge on any atom is 0.123 e. The number of rotatable bonds is 5. The molecule has 1 aromatic carbocycles. The van der Waals surface area contributed by atoms with Crippen molar-refractivity contribution >= 4 is 31.9 Å². The van der Waals surface area contributed by atoms with Crippen LogP contribution < -0.4 is 0 Å². The van der Waals surface area contributed by atoms with Crippen molar-refractivity contribution in [2.24, 2.45) is 7.05 Å².